The van der Waals surface area contributed by atoms with E-state index >= 15 is 0 Å². The Balaban J connectivity index is 1.61. The number of benzene rings is 1. The molecule has 0 aromatic heterocycles. The van der Waals surface area contributed by atoms with Gasteiger partial charge < -0.3 is 4.90 Å². The minimum absolute atomic E-state index is 0.0572. The standard InChI is InChI=1S/C16H22FN3O/c1-11-3-2-8-20(10-11)16(21)15-9-14(18-19-15)12-4-6-13(17)7-5-12/h4-7,11,14-15,18-19H,2-3,8-10H2,1H3. The second-order valence-corrected chi connectivity index (χ2v) is 6.21. The van der Waals surface area contributed by atoms with Crippen LogP contribution in [0.3, 0.4) is 0 Å². The molecule has 2 N–H and O–H groups in total. The van der Waals surface area contributed by atoms with Crippen molar-refractivity contribution in [2.75, 3.05) is 13.1 Å². The van der Waals surface area contributed by atoms with Crippen LogP contribution in [-0.2, 0) is 4.79 Å². The topological polar surface area (TPSA) is 44.4 Å². The fourth-order valence-corrected chi connectivity index (χ4v) is 3.24. The van der Waals surface area contributed by atoms with Crippen molar-refractivity contribution in [2.45, 2.75) is 38.3 Å². The van der Waals surface area contributed by atoms with Crippen molar-refractivity contribution in [3.05, 3.63) is 35.6 Å². The van der Waals surface area contributed by atoms with Crippen LogP contribution in [0.1, 0.15) is 37.8 Å². The zero-order valence-corrected chi connectivity index (χ0v) is 12.3. The molecule has 3 atom stereocenters. The van der Waals surface area contributed by atoms with Gasteiger partial charge in [-0.15, -0.1) is 0 Å². The first-order valence-electron chi connectivity index (χ1n) is 7.69. The average Bonchev–Trinajstić information content (AvgIpc) is 2.97. The van der Waals surface area contributed by atoms with Gasteiger partial charge in [0, 0.05) is 19.1 Å². The van der Waals surface area contributed by atoms with Crippen LogP contribution in [0.25, 0.3) is 0 Å². The Morgan fingerprint density at radius 3 is 2.76 bits per heavy atom. The molecule has 1 amide bonds. The van der Waals surface area contributed by atoms with E-state index in [1.165, 1.54) is 18.6 Å². The molecule has 4 nitrogen and oxygen atoms in total. The van der Waals surface area contributed by atoms with Gasteiger partial charge in [-0.2, -0.15) is 0 Å². The van der Waals surface area contributed by atoms with Crippen molar-refractivity contribution in [3.63, 3.8) is 0 Å². The molecule has 2 aliphatic rings. The van der Waals surface area contributed by atoms with Gasteiger partial charge in [-0.1, -0.05) is 19.1 Å². The van der Waals surface area contributed by atoms with Gasteiger partial charge in [-0.05, 0) is 42.9 Å². The van der Waals surface area contributed by atoms with Crippen molar-refractivity contribution < 1.29 is 9.18 Å². The molecular formula is C16H22FN3O. The van der Waals surface area contributed by atoms with E-state index in [0.717, 1.165) is 25.1 Å². The molecule has 2 saturated heterocycles. The summed E-state index contributed by atoms with van der Waals surface area (Å²) in [7, 11) is 0. The lowest BCUT2D eigenvalue weighted by Gasteiger charge is -2.32. The smallest absolute Gasteiger partial charge is 0.241 e. The number of carbonyl (C=O) groups is 1. The molecule has 1 aromatic carbocycles. The Labute approximate surface area is 124 Å². The summed E-state index contributed by atoms with van der Waals surface area (Å²) >= 11 is 0. The van der Waals surface area contributed by atoms with Gasteiger partial charge in [-0.25, -0.2) is 15.2 Å². The number of nitrogens with one attached hydrogen (secondary N) is 2. The Morgan fingerprint density at radius 2 is 2.05 bits per heavy atom. The summed E-state index contributed by atoms with van der Waals surface area (Å²) in [5.41, 5.74) is 7.26. The van der Waals surface area contributed by atoms with E-state index in [4.69, 9.17) is 0 Å². The van der Waals surface area contributed by atoms with Gasteiger partial charge >= 0.3 is 0 Å². The highest BCUT2D eigenvalue weighted by Crippen LogP contribution is 2.24. The summed E-state index contributed by atoms with van der Waals surface area (Å²) in [6.07, 6.45) is 3.00. The third kappa shape index (κ3) is 3.24. The van der Waals surface area contributed by atoms with E-state index in [2.05, 4.69) is 17.8 Å². The van der Waals surface area contributed by atoms with E-state index < -0.39 is 0 Å². The van der Waals surface area contributed by atoms with Crippen LogP contribution in [0, 0.1) is 11.7 Å². The SMILES string of the molecule is CC1CCCN(C(=O)C2CC(c3ccc(F)cc3)NN2)C1. The maximum Gasteiger partial charge on any atom is 0.241 e. The van der Waals surface area contributed by atoms with Crippen molar-refractivity contribution in [3.8, 4) is 0 Å². The van der Waals surface area contributed by atoms with Gasteiger partial charge in [0.25, 0.3) is 0 Å². The molecule has 21 heavy (non-hydrogen) atoms. The zero-order valence-electron chi connectivity index (χ0n) is 12.3. The highest BCUT2D eigenvalue weighted by atomic mass is 19.1. The third-order valence-electron chi connectivity index (χ3n) is 4.44. The molecular weight excluding hydrogens is 269 g/mol. The molecule has 0 bridgehead atoms. The number of hydrazine groups is 1. The number of halogens is 1. The van der Waals surface area contributed by atoms with E-state index in [1.807, 2.05) is 4.90 Å². The predicted octanol–water partition coefficient (Wildman–Crippen LogP) is 1.99. The Morgan fingerprint density at radius 1 is 1.29 bits per heavy atom. The molecule has 0 spiro atoms. The quantitative estimate of drug-likeness (QED) is 0.876. The summed E-state index contributed by atoms with van der Waals surface area (Å²) in [6.45, 7) is 3.92. The molecule has 0 saturated carbocycles. The normalized spacial score (nSPS) is 29.6. The lowest BCUT2D eigenvalue weighted by Crippen LogP contribution is -2.48. The molecule has 3 unspecified atom stereocenters. The number of carbonyl (C=O) groups excluding carboxylic acids is 1. The van der Waals surface area contributed by atoms with Crippen LogP contribution in [0.2, 0.25) is 0 Å². The summed E-state index contributed by atoms with van der Waals surface area (Å²) < 4.78 is 13.0. The lowest BCUT2D eigenvalue weighted by molar-refractivity contribution is -0.134. The molecule has 2 aliphatic heterocycles. The minimum Gasteiger partial charge on any atom is -0.341 e. The maximum absolute atomic E-state index is 13.0. The molecule has 1 aromatic rings. The maximum atomic E-state index is 13.0. The highest BCUT2D eigenvalue weighted by molar-refractivity contribution is 5.82. The lowest BCUT2D eigenvalue weighted by atomic mass is 9.98. The summed E-state index contributed by atoms with van der Waals surface area (Å²) in [5, 5.41) is 0. The summed E-state index contributed by atoms with van der Waals surface area (Å²) in [4.78, 5) is 14.5. The first-order valence-corrected chi connectivity index (χ1v) is 7.69. The average molecular weight is 291 g/mol. The molecule has 2 heterocycles. The number of rotatable bonds is 2. The van der Waals surface area contributed by atoms with Crippen molar-refractivity contribution >= 4 is 5.91 Å². The van der Waals surface area contributed by atoms with Crippen LogP contribution in [0.4, 0.5) is 4.39 Å². The second kappa shape index (κ2) is 6.12. The first-order chi connectivity index (χ1) is 10.1. The largest absolute Gasteiger partial charge is 0.341 e. The van der Waals surface area contributed by atoms with Crippen LogP contribution in [0.5, 0.6) is 0 Å². The number of nitrogens with zero attached hydrogens (tertiary/aromatic N) is 1. The van der Waals surface area contributed by atoms with E-state index in [0.29, 0.717) is 12.3 Å². The fourth-order valence-electron chi connectivity index (χ4n) is 3.24. The number of likely N-dealkylation sites (tertiary alicyclic amines) is 1. The van der Waals surface area contributed by atoms with E-state index in [9.17, 15) is 9.18 Å². The summed E-state index contributed by atoms with van der Waals surface area (Å²) in [6, 6.07) is 6.32. The number of piperidine rings is 1. The zero-order chi connectivity index (χ0) is 14.8. The molecule has 3 rings (SSSR count). The number of hydrogen-bond donors (Lipinski definition) is 2. The molecule has 2 fully saturated rings. The van der Waals surface area contributed by atoms with E-state index in [-0.39, 0.29) is 23.8 Å². The second-order valence-electron chi connectivity index (χ2n) is 6.21. The fraction of sp³-hybridized carbons (Fsp3) is 0.562. The third-order valence-corrected chi connectivity index (χ3v) is 4.44. The monoisotopic (exact) mass is 291 g/mol. The van der Waals surface area contributed by atoms with Gasteiger partial charge in [0.2, 0.25) is 5.91 Å². The molecule has 114 valence electrons. The Bertz CT molecular complexity index is 505. The van der Waals surface area contributed by atoms with Crippen LogP contribution >= 0.6 is 0 Å². The molecule has 0 aliphatic carbocycles. The molecule has 0 radical (unpaired) electrons. The summed E-state index contributed by atoms with van der Waals surface area (Å²) in [5.74, 6) is 0.531. The van der Waals surface area contributed by atoms with Crippen molar-refractivity contribution in [2.24, 2.45) is 5.92 Å². The van der Waals surface area contributed by atoms with Crippen molar-refractivity contribution in [1.29, 1.82) is 0 Å². The van der Waals surface area contributed by atoms with Crippen molar-refractivity contribution in [1.82, 2.24) is 15.8 Å². The van der Waals surface area contributed by atoms with Gasteiger partial charge in [-0.3, -0.25) is 4.79 Å². The predicted molar refractivity (Wildman–Crippen MR) is 78.8 cm³/mol. The van der Waals surface area contributed by atoms with Crippen LogP contribution in [-0.4, -0.2) is 29.9 Å². The van der Waals surface area contributed by atoms with E-state index in [1.54, 1.807) is 12.1 Å². The van der Waals surface area contributed by atoms with Gasteiger partial charge in [0.1, 0.15) is 11.9 Å². The van der Waals surface area contributed by atoms with Crippen LogP contribution < -0.4 is 10.9 Å². The Hall–Kier alpha value is -1.46. The molecule has 5 heteroatoms. The highest BCUT2D eigenvalue weighted by Gasteiger charge is 2.34. The Kier molecular flexibility index (Phi) is 4.22. The van der Waals surface area contributed by atoms with Crippen LogP contribution in [0.15, 0.2) is 24.3 Å². The number of amides is 1. The number of hydrogen-bond acceptors (Lipinski definition) is 3. The first kappa shape index (κ1) is 14.5. The minimum atomic E-state index is -0.236. The van der Waals surface area contributed by atoms with Gasteiger partial charge in [0.05, 0.1) is 0 Å². The van der Waals surface area contributed by atoms with Gasteiger partial charge in [0.15, 0.2) is 0 Å².